The predicted molar refractivity (Wildman–Crippen MR) is 93.8 cm³/mol. The Morgan fingerprint density at radius 2 is 2.28 bits per heavy atom. The van der Waals surface area contributed by atoms with Crippen molar-refractivity contribution >= 4 is 27.8 Å². The first-order valence-corrected chi connectivity index (χ1v) is 9.58. The van der Waals surface area contributed by atoms with E-state index in [1.54, 1.807) is 23.1 Å². The van der Waals surface area contributed by atoms with E-state index in [1.165, 1.54) is 0 Å². The zero-order chi connectivity index (χ0) is 18.0. The predicted octanol–water partition coefficient (Wildman–Crippen LogP) is 0.983. The van der Waals surface area contributed by atoms with Crippen molar-refractivity contribution in [3.05, 3.63) is 23.8 Å². The van der Waals surface area contributed by atoms with Gasteiger partial charge in [-0.3, -0.25) is 9.62 Å². The summed E-state index contributed by atoms with van der Waals surface area (Å²) in [6, 6.07) is 4.75. The molecule has 0 saturated carbocycles. The maximum Gasteiger partial charge on any atom is 0.344 e. The number of rotatable bonds is 3. The van der Waals surface area contributed by atoms with Crippen LogP contribution in [0.3, 0.4) is 0 Å². The highest BCUT2D eigenvalue weighted by atomic mass is 32.2. The van der Waals surface area contributed by atoms with Gasteiger partial charge in [0.25, 0.3) is 0 Å². The van der Waals surface area contributed by atoms with Gasteiger partial charge in [-0.15, -0.1) is 4.40 Å². The lowest BCUT2D eigenvalue weighted by atomic mass is 10.1. The number of carbonyl (C=O) groups excluding carboxylic acids is 1. The number of anilines is 1. The summed E-state index contributed by atoms with van der Waals surface area (Å²) in [5, 5.41) is 2.78. The number of fused-ring (bicyclic) bond motifs is 1. The number of nitrogens with zero attached hydrogens (tertiary/aromatic N) is 2. The van der Waals surface area contributed by atoms with Gasteiger partial charge in [-0.1, -0.05) is 6.07 Å². The molecule has 2 aliphatic rings. The number of hydrogen-bond acceptors (Lipinski definition) is 5. The number of piperidine rings is 1. The van der Waals surface area contributed by atoms with Crippen molar-refractivity contribution in [2.75, 3.05) is 17.8 Å². The number of benzene rings is 1. The van der Waals surface area contributed by atoms with Gasteiger partial charge in [0.1, 0.15) is 5.75 Å². The molecule has 1 saturated heterocycles. The molecule has 10 heteroatoms. The van der Waals surface area contributed by atoms with E-state index in [0.29, 0.717) is 36.5 Å². The molecular weight excluding hydrogens is 346 g/mol. The molecule has 25 heavy (non-hydrogen) atoms. The number of likely N-dealkylation sites (tertiary alicyclic amines) is 1. The van der Waals surface area contributed by atoms with Gasteiger partial charge in [0.05, 0.1) is 11.3 Å². The summed E-state index contributed by atoms with van der Waals surface area (Å²) >= 11 is 0. The Balaban J connectivity index is 1.89. The zero-order valence-corrected chi connectivity index (χ0v) is 14.7. The van der Waals surface area contributed by atoms with E-state index in [9.17, 15) is 13.2 Å². The molecule has 1 aromatic rings. The highest BCUT2D eigenvalue weighted by Gasteiger charge is 2.30. The van der Waals surface area contributed by atoms with Gasteiger partial charge in [0, 0.05) is 19.5 Å². The van der Waals surface area contributed by atoms with Crippen LogP contribution in [-0.4, -0.2) is 44.5 Å². The molecule has 2 amide bonds. The van der Waals surface area contributed by atoms with Crippen LogP contribution in [-0.2, 0) is 10.2 Å². The largest absolute Gasteiger partial charge is 0.470 e. The van der Waals surface area contributed by atoms with Crippen LogP contribution in [0.1, 0.15) is 31.7 Å². The van der Waals surface area contributed by atoms with Crippen molar-refractivity contribution in [2.24, 2.45) is 10.1 Å². The lowest BCUT2D eigenvalue weighted by Gasteiger charge is -2.36. The van der Waals surface area contributed by atoms with E-state index in [2.05, 4.69) is 14.4 Å². The van der Waals surface area contributed by atoms with Crippen LogP contribution in [0.15, 0.2) is 22.6 Å². The van der Waals surface area contributed by atoms with Gasteiger partial charge < -0.3 is 15.8 Å². The van der Waals surface area contributed by atoms with E-state index in [-0.39, 0.29) is 11.9 Å². The fourth-order valence-electron chi connectivity index (χ4n) is 2.97. The number of carbonyl (C=O) groups is 1. The SMILES string of the molecule is CCNC(=O)N1CCCCC1Oc1cccc2c1C(N)=NS(=O)(=O)N2. The Morgan fingerprint density at radius 1 is 1.48 bits per heavy atom. The molecule has 4 N–H and O–H groups in total. The van der Waals surface area contributed by atoms with Gasteiger partial charge in [0.15, 0.2) is 12.1 Å². The second-order valence-electron chi connectivity index (χ2n) is 5.83. The van der Waals surface area contributed by atoms with Crippen molar-refractivity contribution in [3.8, 4) is 5.75 Å². The topological polar surface area (TPSA) is 126 Å². The van der Waals surface area contributed by atoms with Crippen LogP contribution in [0.2, 0.25) is 0 Å². The molecule has 0 aliphatic carbocycles. The number of ether oxygens (including phenoxy) is 1. The van der Waals surface area contributed by atoms with Crippen molar-refractivity contribution in [3.63, 3.8) is 0 Å². The molecule has 1 atom stereocenters. The summed E-state index contributed by atoms with van der Waals surface area (Å²) in [4.78, 5) is 13.9. The molecule has 0 bridgehead atoms. The molecular formula is C15H21N5O4S. The number of nitrogens with one attached hydrogen (secondary N) is 2. The Hall–Kier alpha value is -2.49. The molecule has 3 rings (SSSR count). The van der Waals surface area contributed by atoms with E-state index in [4.69, 9.17) is 10.5 Å². The number of amidine groups is 1. The average molecular weight is 367 g/mol. The maximum absolute atomic E-state index is 12.2. The number of amides is 2. The number of hydrogen-bond donors (Lipinski definition) is 3. The molecule has 1 aromatic carbocycles. The summed E-state index contributed by atoms with van der Waals surface area (Å²) in [6.07, 6.45) is 2.08. The Morgan fingerprint density at radius 3 is 3.04 bits per heavy atom. The fourth-order valence-corrected chi connectivity index (χ4v) is 3.81. The van der Waals surface area contributed by atoms with Crippen LogP contribution in [0.25, 0.3) is 0 Å². The first kappa shape index (κ1) is 17.3. The molecule has 1 fully saturated rings. The summed E-state index contributed by atoms with van der Waals surface area (Å²) < 4.78 is 35.2. The number of urea groups is 1. The summed E-state index contributed by atoms with van der Waals surface area (Å²) in [5.41, 5.74) is 6.53. The smallest absolute Gasteiger partial charge is 0.344 e. The van der Waals surface area contributed by atoms with Gasteiger partial charge >= 0.3 is 16.2 Å². The van der Waals surface area contributed by atoms with E-state index >= 15 is 0 Å². The maximum atomic E-state index is 12.2. The van der Waals surface area contributed by atoms with Gasteiger partial charge in [-0.2, -0.15) is 8.42 Å². The zero-order valence-electron chi connectivity index (χ0n) is 13.9. The molecule has 2 aliphatic heterocycles. The average Bonchev–Trinajstić information content (AvgIpc) is 2.54. The molecule has 0 aromatic heterocycles. The van der Waals surface area contributed by atoms with Gasteiger partial charge in [0.2, 0.25) is 0 Å². The highest BCUT2D eigenvalue weighted by Crippen LogP contribution is 2.32. The third-order valence-corrected chi connectivity index (χ3v) is 4.95. The molecule has 2 heterocycles. The summed E-state index contributed by atoms with van der Waals surface area (Å²) in [5.74, 6) is 0.257. The second-order valence-corrected chi connectivity index (χ2v) is 7.17. The fraction of sp³-hybridized carbons (Fsp3) is 0.467. The highest BCUT2D eigenvalue weighted by molar-refractivity contribution is 7.91. The Bertz CT molecular complexity index is 808. The molecule has 1 unspecified atom stereocenters. The monoisotopic (exact) mass is 367 g/mol. The molecule has 0 radical (unpaired) electrons. The first-order chi connectivity index (χ1) is 11.9. The van der Waals surface area contributed by atoms with Crippen LogP contribution in [0.5, 0.6) is 5.75 Å². The summed E-state index contributed by atoms with van der Waals surface area (Å²) in [6.45, 7) is 2.99. The van der Waals surface area contributed by atoms with E-state index in [1.807, 2.05) is 6.92 Å². The van der Waals surface area contributed by atoms with Gasteiger partial charge in [-0.25, -0.2) is 4.79 Å². The minimum Gasteiger partial charge on any atom is -0.470 e. The molecule has 0 spiro atoms. The van der Waals surface area contributed by atoms with Crippen LogP contribution < -0.4 is 20.5 Å². The minimum atomic E-state index is -3.84. The third kappa shape index (κ3) is 3.63. The standard InChI is InChI=1S/C15H21N5O4S/c1-2-17-15(21)20-9-4-3-8-12(20)24-11-7-5-6-10-13(11)14(16)19-25(22,23)18-10/h5-7,12,18H,2-4,8-9H2,1H3,(H2,16,19)(H,17,21). The lowest BCUT2D eigenvalue weighted by Crippen LogP contribution is -2.51. The quantitative estimate of drug-likeness (QED) is 0.734. The normalized spacial score (nSPS) is 21.6. The van der Waals surface area contributed by atoms with Crippen LogP contribution in [0.4, 0.5) is 10.5 Å². The Kier molecular flexibility index (Phi) is 4.71. The van der Waals surface area contributed by atoms with Crippen LogP contribution in [0, 0.1) is 0 Å². The van der Waals surface area contributed by atoms with Gasteiger partial charge in [-0.05, 0) is 31.9 Å². The van der Waals surface area contributed by atoms with Crippen molar-refractivity contribution in [2.45, 2.75) is 32.4 Å². The summed E-state index contributed by atoms with van der Waals surface area (Å²) in [7, 11) is -3.84. The van der Waals surface area contributed by atoms with E-state index < -0.39 is 16.4 Å². The second kappa shape index (κ2) is 6.79. The first-order valence-electron chi connectivity index (χ1n) is 8.14. The third-order valence-electron chi connectivity index (χ3n) is 4.04. The van der Waals surface area contributed by atoms with E-state index in [0.717, 1.165) is 12.8 Å². The van der Waals surface area contributed by atoms with Crippen LogP contribution >= 0.6 is 0 Å². The lowest BCUT2D eigenvalue weighted by molar-refractivity contribution is 0.0239. The van der Waals surface area contributed by atoms with Crippen molar-refractivity contribution in [1.29, 1.82) is 0 Å². The molecule has 136 valence electrons. The van der Waals surface area contributed by atoms with Crippen molar-refractivity contribution in [1.82, 2.24) is 10.2 Å². The Labute approximate surface area is 146 Å². The van der Waals surface area contributed by atoms with Crippen molar-refractivity contribution < 1.29 is 17.9 Å². The number of nitrogens with two attached hydrogens (primary N) is 1. The minimum absolute atomic E-state index is 0.135. The molecule has 9 nitrogen and oxygen atoms in total.